The molecule has 26 heavy (non-hydrogen) atoms. The number of anilines is 1. The molecule has 5 nitrogen and oxygen atoms in total. The molecule has 136 valence electrons. The molecule has 1 aliphatic rings. The van der Waals surface area contributed by atoms with Crippen LogP contribution in [0.1, 0.15) is 31.4 Å². The largest absolute Gasteiger partial charge is 0.484 e. The molecule has 0 aromatic heterocycles. The third-order valence-electron chi connectivity index (χ3n) is 4.32. The minimum Gasteiger partial charge on any atom is -0.484 e. The van der Waals surface area contributed by atoms with Gasteiger partial charge in [-0.25, -0.2) is 0 Å². The van der Waals surface area contributed by atoms with Crippen LogP contribution < -0.4 is 15.0 Å². The van der Waals surface area contributed by atoms with Gasteiger partial charge in [0, 0.05) is 23.7 Å². The monoisotopic (exact) mass is 372 g/mol. The van der Waals surface area contributed by atoms with Gasteiger partial charge in [0.2, 0.25) is 5.91 Å². The first kappa shape index (κ1) is 18.3. The summed E-state index contributed by atoms with van der Waals surface area (Å²) in [6.45, 7) is 2.57. The van der Waals surface area contributed by atoms with Crippen molar-refractivity contribution in [1.82, 2.24) is 5.32 Å². The van der Waals surface area contributed by atoms with Crippen LogP contribution in [0.3, 0.4) is 0 Å². The second kappa shape index (κ2) is 8.23. The third kappa shape index (κ3) is 4.55. The quantitative estimate of drug-likeness (QED) is 0.840. The number of rotatable bonds is 6. The van der Waals surface area contributed by atoms with Gasteiger partial charge >= 0.3 is 0 Å². The second-order valence-electron chi connectivity index (χ2n) is 6.28. The Kier molecular flexibility index (Phi) is 5.78. The Hall–Kier alpha value is -2.53. The van der Waals surface area contributed by atoms with Crippen molar-refractivity contribution < 1.29 is 14.3 Å². The van der Waals surface area contributed by atoms with E-state index in [1.807, 2.05) is 37.3 Å². The van der Waals surface area contributed by atoms with Crippen LogP contribution in [0.4, 0.5) is 5.69 Å². The molecule has 2 amide bonds. The molecule has 1 N–H and O–H groups in total. The van der Waals surface area contributed by atoms with Gasteiger partial charge in [-0.2, -0.15) is 0 Å². The van der Waals surface area contributed by atoms with Gasteiger partial charge in [0.15, 0.2) is 6.61 Å². The molecule has 2 aromatic carbocycles. The molecule has 0 unspecified atom stereocenters. The number of hydrogen-bond donors (Lipinski definition) is 1. The zero-order valence-corrected chi connectivity index (χ0v) is 15.3. The number of halogens is 1. The highest BCUT2D eigenvalue weighted by atomic mass is 35.5. The normalized spacial score (nSPS) is 15.0. The van der Waals surface area contributed by atoms with E-state index in [1.54, 1.807) is 23.1 Å². The summed E-state index contributed by atoms with van der Waals surface area (Å²) < 4.78 is 5.53. The molecule has 1 fully saturated rings. The number of carbonyl (C=O) groups excluding carboxylic acids is 2. The summed E-state index contributed by atoms with van der Waals surface area (Å²) in [4.78, 5) is 25.6. The van der Waals surface area contributed by atoms with Gasteiger partial charge in [-0.15, -0.1) is 0 Å². The van der Waals surface area contributed by atoms with E-state index in [0.29, 0.717) is 17.2 Å². The van der Waals surface area contributed by atoms with Crippen molar-refractivity contribution in [1.29, 1.82) is 0 Å². The lowest BCUT2D eigenvalue weighted by Crippen LogP contribution is -2.31. The van der Waals surface area contributed by atoms with Gasteiger partial charge in [-0.3, -0.25) is 9.59 Å². The summed E-state index contributed by atoms with van der Waals surface area (Å²) in [5.74, 6) is 0.523. The Bertz CT molecular complexity index is 792. The molecule has 2 aromatic rings. The fourth-order valence-corrected chi connectivity index (χ4v) is 3.13. The van der Waals surface area contributed by atoms with Crippen molar-refractivity contribution in [2.24, 2.45) is 0 Å². The predicted octanol–water partition coefficient (Wildman–Crippen LogP) is 3.72. The summed E-state index contributed by atoms with van der Waals surface area (Å²) >= 11 is 5.97. The van der Waals surface area contributed by atoms with E-state index in [-0.39, 0.29) is 24.5 Å². The first-order chi connectivity index (χ1) is 12.5. The molecular weight excluding hydrogens is 352 g/mol. The van der Waals surface area contributed by atoms with E-state index < -0.39 is 0 Å². The van der Waals surface area contributed by atoms with Crippen molar-refractivity contribution in [2.75, 3.05) is 18.1 Å². The Morgan fingerprint density at radius 2 is 2.04 bits per heavy atom. The molecule has 0 saturated carbocycles. The average Bonchev–Trinajstić information content (AvgIpc) is 3.06. The number of amides is 2. The van der Waals surface area contributed by atoms with Crippen LogP contribution in [-0.4, -0.2) is 25.0 Å². The molecule has 3 rings (SSSR count). The third-order valence-corrected chi connectivity index (χ3v) is 4.55. The SMILES string of the molecule is C[C@H](NC(=O)COc1ccc(N2CCCC2=O)cc1)c1cccc(Cl)c1. The van der Waals surface area contributed by atoms with E-state index >= 15 is 0 Å². The summed E-state index contributed by atoms with van der Waals surface area (Å²) in [5, 5.41) is 3.52. The Morgan fingerprint density at radius 3 is 2.69 bits per heavy atom. The fourth-order valence-electron chi connectivity index (χ4n) is 2.93. The number of ether oxygens (including phenoxy) is 1. The highest BCUT2D eigenvalue weighted by Gasteiger charge is 2.21. The lowest BCUT2D eigenvalue weighted by Gasteiger charge is -2.17. The second-order valence-corrected chi connectivity index (χ2v) is 6.71. The standard InChI is InChI=1S/C20H21ClN2O3/c1-14(15-4-2-5-16(21)12-15)22-19(24)13-26-18-9-7-17(8-10-18)23-11-3-6-20(23)25/h2,4-5,7-10,12,14H,3,6,11,13H2,1H3,(H,22,24)/t14-/m0/s1. The average molecular weight is 373 g/mol. The Morgan fingerprint density at radius 1 is 1.27 bits per heavy atom. The molecule has 6 heteroatoms. The van der Waals surface area contributed by atoms with Gasteiger partial charge in [0.1, 0.15) is 5.75 Å². The van der Waals surface area contributed by atoms with Crippen molar-refractivity contribution >= 4 is 29.1 Å². The minimum absolute atomic E-state index is 0.0765. The van der Waals surface area contributed by atoms with Gasteiger partial charge in [-0.1, -0.05) is 23.7 Å². The van der Waals surface area contributed by atoms with Crippen LogP contribution in [0.5, 0.6) is 5.75 Å². The van der Waals surface area contributed by atoms with Gasteiger partial charge in [-0.05, 0) is 55.3 Å². The lowest BCUT2D eigenvalue weighted by atomic mass is 10.1. The molecule has 1 heterocycles. The molecular formula is C20H21ClN2O3. The smallest absolute Gasteiger partial charge is 0.258 e. The molecule has 0 aliphatic carbocycles. The summed E-state index contributed by atoms with van der Waals surface area (Å²) in [6, 6.07) is 14.4. The van der Waals surface area contributed by atoms with Crippen molar-refractivity contribution in [3.63, 3.8) is 0 Å². The van der Waals surface area contributed by atoms with E-state index in [4.69, 9.17) is 16.3 Å². The van der Waals surface area contributed by atoms with E-state index in [0.717, 1.165) is 24.2 Å². The van der Waals surface area contributed by atoms with Crippen molar-refractivity contribution in [3.8, 4) is 5.75 Å². The summed E-state index contributed by atoms with van der Waals surface area (Å²) in [6.07, 6.45) is 1.49. The molecule has 0 radical (unpaired) electrons. The van der Waals surface area contributed by atoms with Crippen LogP contribution in [0.25, 0.3) is 0 Å². The number of nitrogens with zero attached hydrogens (tertiary/aromatic N) is 1. The van der Waals surface area contributed by atoms with E-state index in [9.17, 15) is 9.59 Å². The van der Waals surface area contributed by atoms with Crippen molar-refractivity contribution in [3.05, 3.63) is 59.1 Å². The predicted molar refractivity (Wildman–Crippen MR) is 102 cm³/mol. The van der Waals surface area contributed by atoms with Gasteiger partial charge in [0.05, 0.1) is 6.04 Å². The van der Waals surface area contributed by atoms with E-state index in [2.05, 4.69) is 5.32 Å². The minimum atomic E-state index is -0.212. The molecule has 1 saturated heterocycles. The van der Waals surface area contributed by atoms with E-state index in [1.165, 1.54) is 0 Å². The lowest BCUT2D eigenvalue weighted by molar-refractivity contribution is -0.123. The topological polar surface area (TPSA) is 58.6 Å². The Labute approximate surface area is 157 Å². The molecule has 0 bridgehead atoms. The number of hydrogen-bond acceptors (Lipinski definition) is 3. The van der Waals surface area contributed by atoms with Crippen LogP contribution in [-0.2, 0) is 9.59 Å². The number of benzene rings is 2. The molecule has 1 aliphatic heterocycles. The summed E-state index contributed by atoms with van der Waals surface area (Å²) in [7, 11) is 0. The molecule has 0 spiro atoms. The summed E-state index contributed by atoms with van der Waals surface area (Å²) in [5.41, 5.74) is 1.80. The maximum absolute atomic E-state index is 12.1. The maximum Gasteiger partial charge on any atom is 0.258 e. The number of carbonyl (C=O) groups is 2. The first-order valence-electron chi connectivity index (χ1n) is 8.61. The zero-order chi connectivity index (χ0) is 18.5. The fraction of sp³-hybridized carbons (Fsp3) is 0.300. The highest BCUT2D eigenvalue weighted by molar-refractivity contribution is 6.30. The highest BCUT2D eigenvalue weighted by Crippen LogP contribution is 2.24. The maximum atomic E-state index is 12.1. The number of nitrogens with one attached hydrogen (secondary N) is 1. The van der Waals surface area contributed by atoms with Crippen LogP contribution in [0.15, 0.2) is 48.5 Å². The zero-order valence-electron chi connectivity index (χ0n) is 14.6. The van der Waals surface area contributed by atoms with Crippen LogP contribution >= 0.6 is 11.6 Å². The van der Waals surface area contributed by atoms with Crippen LogP contribution in [0.2, 0.25) is 5.02 Å². The van der Waals surface area contributed by atoms with Crippen LogP contribution in [0, 0.1) is 0 Å². The first-order valence-corrected chi connectivity index (χ1v) is 8.99. The van der Waals surface area contributed by atoms with Gasteiger partial charge < -0.3 is 15.0 Å². The molecule has 1 atom stereocenters. The Balaban J connectivity index is 1.50. The van der Waals surface area contributed by atoms with Crippen molar-refractivity contribution in [2.45, 2.75) is 25.8 Å². The van der Waals surface area contributed by atoms with Gasteiger partial charge in [0.25, 0.3) is 5.91 Å².